The zero-order valence-electron chi connectivity index (χ0n) is 14.1. The van der Waals surface area contributed by atoms with E-state index in [0.29, 0.717) is 21.2 Å². The van der Waals surface area contributed by atoms with Gasteiger partial charge in [0.1, 0.15) is 17.4 Å². The van der Waals surface area contributed by atoms with Crippen molar-refractivity contribution in [3.63, 3.8) is 0 Å². The Hall–Kier alpha value is -2.96. The van der Waals surface area contributed by atoms with Gasteiger partial charge in [0.05, 0.1) is 21.8 Å². The topological polar surface area (TPSA) is 61.7 Å². The number of phenolic OH excluding ortho intramolecular Hbond substituents is 1. The molecule has 4 nitrogen and oxygen atoms in total. The molecule has 3 rings (SSSR count). The Bertz CT molecular complexity index is 1090. The lowest BCUT2D eigenvalue weighted by atomic mass is 10.0. The van der Waals surface area contributed by atoms with Crippen molar-refractivity contribution < 1.29 is 18.7 Å². The molecule has 1 amide bonds. The molecule has 3 aromatic carbocycles. The minimum Gasteiger partial charge on any atom is -0.507 e. The zero-order valence-corrected chi connectivity index (χ0v) is 15.6. The number of hydrogen-bond acceptors (Lipinski definition) is 3. The summed E-state index contributed by atoms with van der Waals surface area (Å²) in [5, 5.41) is 14.5. The summed E-state index contributed by atoms with van der Waals surface area (Å²) < 4.78 is 27.1. The van der Waals surface area contributed by atoms with Crippen molar-refractivity contribution in [3.05, 3.63) is 87.4 Å². The van der Waals surface area contributed by atoms with Crippen LogP contribution >= 0.6 is 23.2 Å². The van der Waals surface area contributed by atoms with Crippen LogP contribution in [0.5, 0.6) is 5.75 Å². The maximum absolute atomic E-state index is 14.0. The molecule has 0 spiro atoms. The van der Waals surface area contributed by atoms with E-state index in [0.717, 1.165) is 12.1 Å². The first-order valence-electron chi connectivity index (χ1n) is 7.92. The highest BCUT2D eigenvalue weighted by Gasteiger charge is 2.14. The average molecular weight is 421 g/mol. The van der Waals surface area contributed by atoms with E-state index < -0.39 is 17.5 Å². The molecule has 0 aliphatic heterocycles. The number of nitrogens with zero attached hydrogens (tertiary/aromatic N) is 1. The smallest absolute Gasteiger partial charge is 0.275 e. The first-order valence-corrected chi connectivity index (χ1v) is 8.67. The molecule has 0 aromatic heterocycles. The van der Waals surface area contributed by atoms with Crippen molar-refractivity contribution in [2.75, 3.05) is 0 Å². The third-order valence-electron chi connectivity index (χ3n) is 3.81. The highest BCUT2D eigenvalue weighted by atomic mass is 35.5. The molecule has 0 saturated carbocycles. The van der Waals surface area contributed by atoms with E-state index in [4.69, 9.17) is 23.2 Å². The number of aromatic hydroxyl groups is 1. The number of halogens is 4. The molecule has 3 aromatic rings. The second kappa shape index (κ2) is 8.37. The second-order valence-corrected chi connectivity index (χ2v) is 6.54. The number of carbonyl (C=O) groups is 1. The van der Waals surface area contributed by atoms with Gasteiger partial charge in [0.2, 0.25) is 0 Å². The van der Waals surface area contributed by atoms with E-state index in [2.05, 4.69) is 10.5 Å². The van der Waals surface area contributed by atoms with Gasteiger partial charge in [-0.2, -0.15) is 5.10 Å². The minimum absolute atomic E-state index is 0.0924. The van der Waals surface area contributed by atoms with Crippen molar-refractivity contribution in [2.24, 2.45) is 5.10 Å². The van der Waals surface area contributed by atoms with E-state index in [9.17, 15) is 18.7 Å². The van der Waals surface area contributed by atoms with Crippen LogP contribution in [0.25, 0.3) is 11.1 Å². The summed E-state index contributed by atoms with van der Waals surface area (Å²) >= 11 is 11.7. The maximum atomic E-state index is 14.0. The van der Waals surface area contributed by atoms with Gasteiger partial charge in [-0.25, -0.2) is 14.2 Å². The standard InChI is InChI=1S/C20H12Cl2F2N2O2/c21-16-5-1-11(7-17(16)22)10-25-26-20(28)15-8-12(2-6-19(15)27)14-4-3-13(23)9-18(14)24/h1-10,27H,(H,26,28)/b25-10-. The van der Waals surface area contributed by atoms with Gasteiger partial charge in [-0.15, -0.1) is 0 Å². The van der Waals surface area contributed by atoms with Gasteiger partial charge < -0.3 is 5.11 Å². The van der Waals surface area contributed by atoms with Crippen molar-refractivity contribution >= 4 is 35.3 Å². The summed E-state index contributed by atoms with van der Waals surface area (Å²) in [6.07, 6.45) is 1.35. The molecular weight excluding hydrogens is 409 g/mol. The molecule has 0 fully saturated rings. The third kappa shape index (κ3) is 4.47. The van der Waals surface area contributed by atoms with Gasteiger partial charge in [0.25, 0.3) is 5.91 Å². The number of amides is 1. The summed E-state index contributed by atoms with van der Waals surface area (Å²) in [6, 6.07) is 11.8. The molecule has 0 aliphatic rings. The number of benzene rings is 3. The molecule has 2 N–H and O–H groups in total. The quantitative estimate of drug-likeness (QED) is 0.437. The van der Waals surface area contributed by atoms with E-state index in [-0.39, 0.29) is 16.9 Å². The number of rotatable bonds is 4. The van der Waals surface area contributed by atoms with Gasteiger partial charge in [-0.05, 0) is 47.5 Å². The number of carbonyl (C=O) groups excluding carboxylic acids is 1. The van der Waals surface area contributed by atoms with Gasteiger partial charge in [-0.1, -0.05) is 35.3 Å². The lowest BCUT2D eigenvalue weighted by molar-refractivity contribution is 0.0952. The summed E-state index contributed by atoms with van der Waals surface area (Å²) in [5.74, 6) is -2.52. The van der Waals surface area contributed by atoms with Gasteiger partial charge in [0.15, 0.2) is 0 Å². The van der Waals surface area contributed by atoms with Crippen molar-refractivity contribution in [3.8, 4) is 16.9 Å². The Balaban J connectivity index is 1.81. The Morgan fingerprint density at radius 1 is 1.00 bits per heavy atom. The van der Waals surface area contributed by atoms with Gasteiger partial charge >= 0.3 is 0 Å². The normalized spacial score (nSPS) is 11.0. The molecular formula is C20H12Cl2F2N2O2. The van der Waals surface area contributed by atoms with Crippen LogP contribution in [-0.4, -0.2) is 17.2 Å². The predicted molar refractivity (Wildman–Crippen MR) is 105 cm³/mol. The predicted octanol–water partition coefficient (Wildman–Crippen LogP) is 5.41. The van der Waals surface area contributed by atoms with Crippen molar-refractivity contribution in [2.45, 2.75) is 0 Å². The highest BCUT2D eigenvalue weighted by Crippen LogP contribution is 2.28. The van der Waals surface area contributed by atoms with E-state index in [1.807, 2.05) is 0 Å². The molecule has 142 valence electrons. The van der Waals surface area contributed by atoms with Crippen LogP contribution in [0.1, 0.15) is 15.9 Å². The summed E-state index contributed by atoms with van der Waals surface area (Å²) in [4.78, 5) is 12.3. The number of hydrazone groups is 1. The Labute approximate surface area is 169 Å². The second-order valence-electron chi connectivity index (χ2n) is 5.73. The Morgan fingerprint density at radius 2 is 1.79 bits per heavy atom. The van der Waals surface area contributed by atoms with Gasteiger partial charge in [-0.3, -0.25) is 4.79 Å². The van der Waals surface area contributed by atoms with Gasteiger partial charge in [0, 0.05) is 11.6 Å². The first-order chi connectivity index (χ1) is 13.3. The lowest BCUT2D eigenvalue weighted by Gasteiger charge is -2.08. The van der Waals surface area contributed by atoms with Crippen LogP contribution < -0.4 is 5.43 Å². The molecule has 0 heterocycles. The Morgan fingerprint density at radius 3 is 2.50 bits per heavy atom. The first kappa shape index (κ1) is 19.8. The molecule has 0 bridgehead atoms. The molecule has 0 atom stereocenters. The monoisotopic (exact) mass is 420 g/mol. The fourth-order valence-electron chi connectivity index (χ4n) is 2.43. The largest absolute Gasteiger partial charge is 0.507 e. The SMILES string of the molecule is O=C(N/N=C\c1ccc(Cl)c(Cl)c1)c1cc(-c2ccc(F)cc2F)ccc1O. The fraction of sp³-hybridized carbons (Fsp3) is 0. The van der Waals surface area contributed by atoms with E-state index in [1.54, 1.807) is 18.2 Å². The highest BCUT2D eigenvalue weighted by molar-refractivity contribution is 6.42. The third-order valence-corrected chi connectivity index (χ3v) is 4.55. The fourth-order valence-corrected chi connectivity index (χ4v) is 2.73. The van der Waals surface area contributed by atoms with Crippen molar-refractivity contribution in [1.29, 1.82) is 0 Å². The molecule has 0 aliphatic carbocycles. The number of phenols is 1. The van der Waals surface area contributed by atoms with E-state index >= 15 is 0 Å². The summed E-state index contributed by atoms with van der Waals surface area (Å²) in [7, 11) is 0. The summed E-state index contributed by atoms with van der Waals surface area (Å²) in [6.45, 7) is 0. The van der Waals surface area contributed by atoms with Crippen LogP contribution in [0, 0.1) is 11.6 Å². The van der Waals surface area contributed by atoms with Crippen LogP contribution in [-0.2, 0) is 0 Å². The average Bonchev–Trinajstić information content (AvgIpc) is 2.65. The molecule has 0 saturated heterocycles. The van der Waals surface area contributed by atoms with Crippen LogP contribution in [0.15, 0.2) is 59.7 Å². The van der Waals surface area contributed by atoms with Crippen LogP contribution in [0.2, 0.25) is 10.0 Å². The number of nitrogens with one attached hydrogen (secondary N) is 1. The van der Waals surface area contributed by atoms with Crippen molar-refractivity contribution in [1.82, 2.24) is 5.43 Å². The molecule has 28 heavy (non-hydrogen) atoms. The van der Waals surface area contributed by atoms with Crippen LogP contribution in [0.3, 0.4) is 0 Å². The zero-order chi connectivity index (χ0) is 20.3. The molecule has 8 heteroatoms. The maximum Gasteiger partial charge on any atom is 0.275 e. The summed E-state index contributed by atoms with van der Waals surface area (Å²) in [5.41, 5.74) is 3.14. The van der Waals surface area contributed by atoms with Crippen LogP contribution in [0.4, 0.5) is 8.78 Å². The molecule has 0 unspecified atom stereocenters. The molecule has 0 radical (unpaired) electrons. The lowest BCUT2D eigenvalue weighted by Crippen LogP contribution is -2.17. The minimum atomic E-state index is -0.783. The Kier molecular flexibility index (Phi) is 5.92. The number of hydrogen-bond donors (Lipinski definition) is 2. The van der Waals surface area contributed by atoms with E-state index in [1.165, 1.54) is 30.5 Å².